The monoisotopic (exact) mass is 474 g/mol. The van der Waals surface area contributed by atoms with Gasteiger partial charge in [0.1, 0.15) is 5.75 Å². The minimum absolute atomic E-state index is 0.0674. The topological polar surface area (TPSA) is 49.9 Å². The molecule has 2 aliphatic heterocycles. The van der Waals surface area contributed by atoms with Crippen molar-refractivity contribution >= 4 is 11.8 Å². The number of ether oxygens (including phenoxy) is 1. The Bertz CT molecular complexity index is 1050. The van der Waals surface area contributed by atoms with Gasteiger partial charge in [-0.3, -0.25) is 9.59 Å². The number of carbonyl (C=O) groups excluding carboxylic acids is 2. The number of nitrogens with zero attached hydrogens (tertiary/aromatic N) is 2. The second kappa shape index (κ2) is 10.0. The highest BCUT2D eigenvalue weighted by molar-refractivity contribution is 6.01. The lowest BCUT2D eigenvalue weighted by atomic mass is 9.76. The second-order valence-electron chi connectivity index (χ2n) is 11.0. The highest BCUT2D eigenvalue weighted by Crippen LogP contribution is 2.47. The van der Waals surface area contributed by atoms with Gasteiger partial charge in [-0.25, -0.2) is 0 Å². The normalized spacial score (nSPS) is 27.5. The maximum atomic E-state index is 14.4. The van der Waals surface area contributed by atoms with Gasteiger partial charge in [-0.05, 0) is 60.4 Å². The summed E-state index contributed by atoms with van der Waals surface area (Å²) in [5.41, 5.74) is 2.58. The van der Waals surface area contributed by atoms with Crippen LogP contribution in [0.4, 0.5) is 0 Å². The summed E-state index contributed by atoms with van der Waals surface area (Å²) in [6.45, 7) is 6.05. The molecule has 5 nitrogen and oxygen atoms in total. The summed E-state index contributed by atoms with van der Waals surface area (Å²) in [4.78, 5) is 32.6. The van der Waals surface area contributed by atoms with Crippen LogP contribution in [0.3, 0.4) is 0 Å². The molecule has 3 aliphatic rings. The number of rotatable bonds is 4. The Kier molecular flexibility index (Phi) is 6.86. The first-order valence-electron chi connectivity index (χ1n) is 13.3. The van der Waals surface area contributed by atoms with E-state index in [4.69, 9.17) is 4.74 Å². The van der Waals surface area contributed by atoms with Crippen LogP contribution in [0.15, 0.2) is 48.5 Å². The molecule has 1 aliphatic carbocycles. The van der Waals surface area contributed by atoms with E-state index >= 15 is 0 Å². The van der Waals surface area contributed by atoms with Crippen LogP contribution >= 0.6 is 0 Å². The fourth-order valence-corrected chi connectivity index (χ4v) is 6.77. The van der Waals surface area contributed by atoms with Crippen LogP contribution in [0.25, 0.3) is 0 Å². The van der Waals surface area contributed by atoms with E-state index in [0.29, 0.717) is 17.4 Å². The Morgan fingerprint density at radius 3 is 2.23 bits per heavy atom. The standard InChI is InChI=1S/C30H38N2O3/c1-20-17-21(2)19-31(18-20)30(34)27-25-11-7-8-12-26(25)29(33)32(23-9-5-4-6-10-23)28(27)22-13-15-24(35-3)16-14-22/h7-8,11-16,20-21,23,27-28H,4-6,9-10,17-19H2,1-3H3/t20-,21+,27-,28-/m1/s1. The first-order chi connectivity index (χ1) is 17.0. The highest BCUT2D eigenvalue weighted by Gasteiger charge is 2.48. The Labute approximate surface area is 209 Å². The van der Waals surface area contributed by atoms with Gasteiger partial charge in [-0.2, -0.15) is 0 Å². The van der Waals surface area contributed by atoms with Gasteiger partial charge in [0, 0.05) is 24.7 Å². The molecule has 0 unspecified atom stereocenters. The van der Waals surface area contributed by atoms with Crippen molar-refractivity contribution in [3.63, 3.8) is 0 Å². The molecule has 0 spiro atoms. The van der Waals surface area contributed by atoms with E-state index in [2.05, 4.69) is 23.6 Å². The van der Waals surface area contributed by atoms with Gasteiger partial charge >= 0.3 is 0 Å². The summed E-state index contributed by atoms with van der Waals surface area (Å²) < 4.78 is 5.41. The Morgan fingerprint density at radius 2 is 1.57 bits per heavy atom. The van der Waals surface area contributed by atoms with Gasteiger partial charge in [0.2, 0.25) is 5.91 Å². The number of hydrogen-bond acceptors (Lipinski definition) is 3. The molecule has 35 heavy (non-hydrogen) atoms. The highest BCUT2D eigenvalue weighted by atomic mass is 16.5. The molecular weight excluding hydrogens is 436 g/mol. The molecule has 2 aromatic carbocycles. The van der Waals surface area contributed by atoms with Gasteiger partial charge in [0.05, 0.1) is 19.1 Å². The molecule has 4 atom stereocenters. The lowest BCUT2D eigenvalue weighted by Gasteiger charge is -2.48. The third-order valence-corrected chi connectivity index (χ3v) is 8.25. The zero-order valence-electron chi connectivity index (χ0n) is 21.3. The minimum atomic E-state index is -0.406. The number of hydrogen-bond donors (Lipinski definition) is 0. The van der Waals surface area contributed by atoms with Crippen molar-refractivity contribution in [2.45, 2.75) is 70.4 Å². The van der Waals surface area contributed by atoms with E-state index in [0.717, 1.165) is 62.1 Å². The lowest BCUT2D eigenvalue weighted by molar-refractivity contribution is -0.137. The van der Waals surface area contributed by atoms with E-state index in [9.17, 15) is 9.59 Å². The number of methoxy groups -OCH3 is 1. The summed E-state index contributed by atoms with van der Waals surface area (Å²) >= 11 is 0. The van der Waals surface area contributed by atoms with E-state index in [1.54, 1.807) is 7.11 Å². The molecule has 0 radical (unpaired) electrons. The van der Waals surface area contributed by atoms with E-state index in [-0.39, 0.29) is 23.9 Å². The molecule has 186 valence electrons. The number of benzene rings is 2. The number of fused-ring (bicyclic) bond motifs is 1. The van der Waals surface area contributed by atoms with E-state index in [1.165, 1.54) is 6.42 Å². The molecule has 5 heteroatoms. The molecule has 2 fully saturated rings. The van der Waals surface area contributed by atoms with Crippen LogP contribution in [-0.4, -0.2) is 47.9 Å². The van der Waals surface area contributed by atoms with Crippen LogP contribution in [-0.2, 0) is 4.79 Å². The largest absolute Gasteiger partial charge is 0.497 e. The zero-order valence-corrected chi connectivity index (χ0v) is 21.3. The number of piperidine rings is 1. The quantitative estimate of drug-likeness (QED) is 0.562. The van der Waals surface area contributed by atoms with Crippen LogP contribution < -0.4 is 4.74 Å². The molecule has 0 bridgehead atoms. The number of amides is 2. The number of carbonyl (C=O) groups is 2. The fraction of sp³-hybridized carbons (Fsp3) is 0.533. The average molecular weight is 475 g/mol. The molecule has 1 saturated heterocycles. The van der Waals surface area contributed by atoms with Crippen LogP contribution in [0.2, 0.25) is 0 Å². The fourth-order valence-electron chi connectivity index (χ4n) is 6.77. The van der Waals surface area contributed by atoms with Gasteiger partial charge in [0.15, 0.2) is 0 Å². The lowest BCUT2D eigenvalue weighted by Crippen LogP contribution is -2.54. The SMILES string of the molecule is COc1ccc([C@@H]2[C@H](C(=O)N3C[C@H](C)C[C@H](C)C3)c3ccccc3C(=O)N2C2CCCCC2)cc1. The van der Waals surface area contributed by atoms with Gasteiger partial charge in [-0.1, -0.05) is 63.4 Å². The predicted octanol–water partition coefficient (Wildman–Crippen LogP) is 5.81. The zero-order chi connectivity index (χ0) is 24.5. The molecule has 0 N–H and O–H groups in total. The van der Waals surface area contributed by atoms with Crippen LogP contribution in [0, 0.1) is 11.8 Å². The first-order valence-corrected chi connectivity index (χ1v) is 13.3. The maximum absolute atomic E-state index is 14.4. The van der Waals surface area contributed by atoms with Crippen molar-refractivity contribution < 1.29 is 14.3 Å². The Balaban J connectivity index is 1.64. The van der Waals surface area contributed by atoms with Crippen LogP contribution in [0.1, 0.15) is 85.8 Å². The van der Waals surface area contributed by atoms with Crippen molar-refractivity contribution in [2.24, 2.45) is 11.8 Å². The predicted molar refractivity (Wildman–Crippen MR) is 137 cm³/mol. The molecular formula is C30H38N2O3. The van der Waals surface area contributed by atoms with Crippen LogP contribution in [0.5, 0.6) is 5.75 Å². The summed E-state index contributed by atoms with van der Waals surface area (Å²) in [5, 5.41) is 0. The van der Waals surface area contributed by atoms with E-state index in [1.807, 2.05) is 48.5 Å². The minimum Gasteiger partial charge on any atom is -0.497 e. The van der Waals surface area contributed by atoms with Gasteiger partial charge in [-0.15, -0.1) is 0 Å². The summed E-state index contributed by atoms with van der Waals surface area (Å²) in [6, 6.07) is 15.6. The summed E-state index contributed by atoms with van der Waals surface area (Å²) in [6.07, 6.45) is 6.63. The molecule has 2 heterocycles. The Morgan fingerprint density at radius 1 is 0.914 bits per heavy atom. The molecule has 5 rings (SSSR count). The van der Waals surface area contributed by atoms with Gasteiger partial charge in [0.25, 0.3) is 5.91 Å². The summed E-state index contributed by atoms with van der Waals surface area (Å²) in [7, 11) is 1.66. The number of likely N-dealkylation sites (tertiary alicyclic amines) is 1. The molecule has 2 aromatic rings. The van der Waals surface area contributed by atoms with Crippen molar-refractivity contribution in [3.05, 3.63) is 65.2 Å². The first kappa shape index (κ1) is 23.9. The maximum Gasteiger partial charge on any atom is 0.254 e. The van der Waals surface area contributed by atoms with Crippen molar-refractivity contribution in [1.29, 1.82) is 0 Å². The second-order valence-corrected chi connectivity index (χ2v) is 11.0. The summed E-state index contributed by atoms with van der Waals surface area (Å²) in [5.74, 6) is 1.57. The van der Waals surface area contributed by atoms with Crippen molar-refractivity contribution in [1.82, 2.24) is 9.80 Å². The van der Waals surface area contributed by atoms with Crippen molar-refractivity contribution in [3.8, 4) is 5.75 Å². The third-order valence-electron chi connectivity index (χ3n) is 8.25. The van der Waals surface area contributed by atoms with E-state index < -0.39 is 5.92 Å². The average Bonchev–Trinajstić information content (AvgIpc) is 2.88. The molecule has 1 saturated carbocycles. The smallest absolute Gasteiger partial charge is 0.254 e. The molecule has 0 aromatic heterocycles. The molecule has 2 amide bonds. The van der Waals surface area contributed by atoms with Gasteiger partial charge < -0.3 is 14.5 Å². The Hall–Kier alpha value is -2.82. The van der Waals surface area contributed by atoms with Crippen molar-refractivity contribution in [2.75, 3.05) is 20.2 Å². The third kappa shape index (κ3) is 4.57.